The summed E-state index contributed by atoms with van der Waals surface area (Å²) in [6, 6.07) is 0.146. The molecule has 0 spiro atoms. The maximum absolute atomic E-state index is 13.1. The van der Waals surface area contributed by atoms with E-state index in [-0.39, 0.29) is 38.5 Å². The van der Waals surface area contributed by atoms with Gasteiger partial charge in [0.15, 0.2) is 0 Å². The topological polar surface area (TPSA) is 327 Å². The van der Waals surface area contributed by atoms with Crippen molar-refractivity contribution in [1.29, 1.82) is 0 Å². The zero-order valence-electron chi connectivity index (χ0n) is 27.0. The number of benzene rings is 1. The van der Waals surface area contributed by atoms with Crippen molar-refractivity contribution < 1.29 is 58.5 Å². The Bertz CT molecular complexity index is 1370. The number of carbonyl (C=O) groups is 9. The molecule has 0 radical (unpaired) electrons. The van der Waals surface area contributed by atoms with E-state index in [1.807, 2.05) is 0 Å². The van der Waals surface area contributed by atoms with Crippen LogP contribution in [0.5, 0.6) is 0 Å². The van der Waals surface area contributed by atoms with Gasteiger partial charge in [-0.15, -0.1) is 0 Å². The van der Waals surface area contributed by atoms with Crippen molar-refractivity contribution in [1.82, 2.24) is 26.6 Å². The highest BCUT2D eigenvalue weighted by molar-refractivity contribution is 5.96. The Balaban J connectivity index is 2.98. The van der Waals surface area contributed by atoms with Crippen LogP contribution in [0.1, 0.15) is 57.9 Å². The molecule has 49 heavy (non-hydrogen) atoms. The molecule has 0 heterocycles. The number of amides is 6. The van der Waals surface area contributed by atoms with Gasteiger partial charge in [0.25, 0.3) is 0 Å². The third kappa shape index (κ3) is 16.2. The van der Waals surface area contributed by atoms with E-state index >= 15 is 0 Å². The molecule has 0 aliphatic rings. The van der Waals surface area contributed by atoms with Gasteiger partial charge in [-0.25, -0.2) is 4.79 Å². The van der Waals surface area contributed by atoms with Crippen molar-refractivity contribution in [2.24, 2.45) is 11.5 Å². The molecule has 1 rings (SSSR count). The molecular formula is C30H43N7O12. The summed E-state index contributed by atoms with van der Waals surface area (Å²) in [5, 5.41) is 39.0. The van der Waals surface area contributed by atoms with E-state index in [0.29, 0.717) is 5.56 Å². The number of nitrogens with two attached hydrogens (primary N) is 2. The van der Waals surface area contributed by atoms with Gasteiger partial charge >= 0.3 is 17.9 Å². The predicted molar refractivity (Wildman–Crippen MR) is 169 cm³/mol. The first kappa shape index (κ1) is 41.4. The van der Waals surface area contributed by atoms with E-state index in [2.05, 4.69) is 26.6 Å². The lowest BCUT2D eigenvalue weighted by molar-refractivity contribution is -0.142. The van der Waals surface area contributed by atoms with Crippen LogP contribution in [0.3, 0.4) is 0 Å². The molecule has 6 atom stereocenters. The molecule has 0 fully saturated rings. The minimum atomic E-state index is -1.51. The van der Waals surface area contributed by atoms with Gasteiger partial charge in [-0.1, -0.05) is 30.3 Å². The van der Waals surface area contributed by atoms with E-state index in [1.165, 1.54) is 13.8 Å². The molecule has 0 aromatic heterocycles. The number of primary amides is 1. The second-order valence-electron chi connectivity index (χ2n) is 11.2. The number of aliphatic carboxylic acids is 3. The maximum atomic E-state index is 13.1. The highest BCUT2D eigenvalue weighted by Crippen LogP contribution is 2.07. The molecule has 19 heteroatoms. The molecule has 270 valence electrons. The SMILES string of the molecule is C[C@H](NC(=O)[C@H](C)NC(=O)[C@H](CCCC(=O)O)NC(=O)[C@@H](N)CC(=O)O)C(=O)N[C@@H](Cc1ccccc1)C(=O)N[C@@H](CCC(N)=O)C(=O)O. The summed E-state index contributed by atoms with van der Waals surface area (Å²) in [5.41, 5.74) is 11.2. The van der Waals surface area contributed by atoms with Gasteiger partial charge in [-0.3, -0.25) is 38.4 Å². The van der Waals surface area contributed by atoms with Crippen LogP contribution in [0.25, 0.3) is 0 Å². The first-order valence-corrected chi connectivity index (χ1v) is 15.2. The molecule has 19 nitrogen and oxygen atoms in total. The van der Waals surface area contributed by atoms with E-state index in [9.17, 15) is 48.3 Å². The van der Waals surface area contributed by atoms with Gasteiger partial charge in [-0.05, 0) is 38.7 Å². The number of carbonyl (C=O) groups excluding carboxylic acids is 6. The van der Waals surface area contributed by atoms with Gasteiger partial charge in [0.05, 0.1) is 12.5 Å². The number of nitrogens with one attached hydrogen (secondary N) is 5. The Kier molecular flexibility index (Phi) is 17.4. The van der Waals surface area contributed by atoms with E-state index in [0.717, 1.165) is 0 Å². The quantitative estimate of drug-likeness (QED) is 0.0583. The van der Waals surface area contributed by atoms with Crippen LogP contribution in [0.2, 0.25) is 0 Å². The van der Waals surface area contributed by atoms with Crippen LogP contribution < -0.4 is 38.1 Å². The van der Waals surface area contributed by atoms with Crippen molar-refractivity contribution in [2.75, 3.05) is 0 Å². The smallest absolute Gasteiger partial charge is 0.326 e. The van der Waals surface area contributed by atoms with Crippen LogP contribution >= 0.6 is 0 Å². The lowest BCUT2D eigenvalue weighted by atomic mass is 10.0. The molecular weight excluding hydrogens is 650 g/mol. The Labute approximate surface area is 280 Å². The summed E-state index contributed by atoms with van der Waals surface area (Å²) in [5.74, 6) is -9.23. The van der Waals surface area contributed by atoms with Crippen molar-refractivity contribution in [3.05, 3.63) is 35.9 Å². The zero-order chi connectivity index (χ0) is 37.3. The van der Waals surface area contributed by atoms with Crippen molar-refractivity contribution >= 4 is 53.4 Å². The predicted octanol–water partition coefficient (Wildman–Crippen LogP) is -2.90. The largest absolute Gasteiger partial charge is 0.481 e. The summed E-state index contributed by atoms with van der Waals surface area (Å²) >= 11 is 0. The minimum Gasteiger partial charge on any atom is -0.481 e. The highest BCUT2D eigenvalue weighted by Gasteiger charge is 2.31. The van der Waals surface area contributed by atoms with Gasteiger partial charge in [-0.2, -0.15) is 0 Å². The standard InChI is InChI=1S/C30H43N7O12/c1-15(34-28(46)19(9-6-10-23(39)40)35-27(45)18(31)14-24(41)42)25(43)33-16(2)26(44)37-21(13-17-7-4-3-5-8-17)29(47)36-20(30(48)49)11-12-22(32)38/h3-5,7-8,15-16,18-21H,6,9-14,31H2,1-2H3,(H2,32,38)(H,33,43)(H,34,46)(H,35,45)(H,36,47)(H,37,44)(H,39,40)(H,41,42)(H,48,49)/t15-,16-,18-,19-,20-,21-/m0/s1. The Morgan fingerprint density at radius 1 is 0.633 bits per heavy atom. The summed E-state index contributed by atoms with van der Waals surface area (Å²) < 4.78 is 0. The number of rotatable bonds is 22. The van der Waals surface area contributed by atoms with E-state index in [1.54, 1.807) is 30.3 Å². The van der Waals surface area contributed by atoms with E-state index < -0.39 is 96.0 Å². The van der Waals surface area contributed by atoms with Crippen molar-refractivity contribution in [2.45, 2.75) is 95.0 Å². The first-order valence-electron chi connectivity index (χ1n) is 15.2. The van der Waals surface area contributed by atoms with Crippen LogP contribution in [0.15, 0.2) is 30.3 Å². The van der Waals surface area contributed by atoms with Crippen LogP contribution in [0, 0.1) is 0 Å². The van der Waals surface area contributed by atoms with Gasteiger partial charge in [0, 0.05) is 19.3 Å². The molecule has 12 N–H and O–H groups in total. The lowest BCUT2D eigenvalue weighted by Crippen LogP contribution is -2.58. The molecule has 0 aliphatic carbocycles. The average Bonchev–Trinajstić information content (AvgIpc) is 3.01. The number of hydrogen-bond acceptors (Lipinski definition) is 10. The van der Waals surface area contributed by atoms with Crippen LogP contribution in [-0.4, -0.2) is 105 Å². The number of carboxylic acids is 3. The second kappa shape index (κ2) is 20.6. The Morgan fingerprint density at radius 3 is 1.67 bits per heavy atom. The van der Waals surface area contributed by atoms with Gasteiger partial charge < -0.3 is 53.4 Å². The molecule has 1 aromatic rings. The summed E-state index contributed by atoms with van der Waals surface area (Å²) in [4.78, 5) is 109. The Hall–Kier alpha value is -5.59. The minimum absolute atomic E-state index is 0.0598. The summed E-state index contributed by atoms with van der Waals surface area (Å²) in [7, 11) is 0. The summed E-state index contributed by atoms with van der Waals surface area (Å²) in [6.07, 6.45) is -2.02. The highest BCUT2D eigenvalue weighted by atomic mass is 16.4. The maximum Gasteiger partial charge on any atom is 0.326 e. The van der Waals surface area contributed by atoms with Gasteiger partial charge in [0.2, 0.25) is 35.4 Å². The molecule has 0 saturated carbocycles. The fourth-order valence-corrected chi connectivity index (χ4v) is 4.24. The molecule has 0 unspecified atom stereocenters. The zero-order valence-corrected chi connectivity index (χ0v) is 27.0. The van der Waals surface area contributed by atoms with Gasteiger partial charge in [0.1, 0.15) is 30.2 Å². The number of carboxylic acid groups (broad SMARTS) is 3. The molecule has 0 bridgehead atoms. The first-order chi connectivity index (χ1) is 22.9. The molecule has 6 amide bonds. The van der Waals surface area contributed by atoms with Crippen molar-refractivity contribution in [3.63, 3.8) is 0 Å². The fraction of sp³-hybridized carbons (Fsp3) is 0.500. The van der Waals surface area contributed by atoms with Crippen molar-refractivity contribution in [3.8, 4) is 0 Å². The second-order valence-corrected chi connectivity index (χ2v) is 11.2. The lowest BCUT2D eigenvalue weighted by Gasteiger charge is -2.25. The molecule has 1 aromatic carbocycles. The van der Waals surface area contributed by atoms with Crippen LogP contribution in [0.4, 0.5) is 0 Å². The van der Waals surface area contributed by atoms with E-state index in [4.69, 9.17) is 21.7 Å². The third-order valence-corrected chi connectivity index (χ3v) is 6.96. The fourth-order valence-electron chi connectivity index (χ4n) is 4.24. The molecule has 0 aliphatic heterocycles. The number of hydrogen-bond donors (Lipinski definition) is 10. The summed E-state index contributed by atoms with van der Waals surface area (Å²) in [6.45, 7) is 2.54. The Morgan fingerprint density at radius 2 is 1.14 bits per heavy atom. The molecule has 0 saturated heterocycles. The van der Waals surface area contributed by atoms with Crippen LogP contribution in [-0.2, 0) is 49.6 Å². The average molecular weight is 694 g/mol. The monoisotopic (exact) mass is 693 g/mol. The third-order valence-electron chi connectivity index (χ3n) is 6.96. The normalized spacial score (nSPS) is 14.3.